The lowest BCUT2D eigenvalue weighted by atomic mass is 10.2. The van der Waals surface area contributed by atoms with Crippen LogP contribution in [0.3, 0.4) is 0 Å². The monoisotopic (exact) mass is 395 g/mol. The van der Waals surface area contributed by atoms with E-state index in [4.69, 9.17) is 4.74 Å². The molecule has 24 heavy (non-hydrogen) atoms. The van der Waals surface area contributed by atoms with E-state index in [0.717, 1.165) is 28.6 Å². The van der Waals surface area contributed by atoms with Crippen LogP contribution in [-0.4, -0.2) is 60.6 Å². The van der Waals surface area contributed by atoms with Crippen molar-refractivity contribution in [2.24, 2.45) is 0 Å². The molecule has 3 amide bonds. The molecule has 0 spiro atoms. The van der Waals surface area contributed by atoms with Crippen molar-refractivity contribution in [1.82, 2.24) is 9.80 Å². The number of anilines is 1. The van der Waals surface area contributed by atoms with E-state index in [1.54, 1.807) is 4.90 Å². The first-order valence-electron chi connectivity index (χ1n) is 8.27. The van der Waals surface area contributed by atoms with Crippen molar-refractivity contribution in [1.29, 1.82) is 0 Å². The van der Waals surface area contributed by atoms with E-state index in [0.29, 0.717) is 32.8 Å². The number of carbonyl (C=O) groups is 2. The van der Waals surface area contributed by atoms with Gasteiger partial charge in [0.15, 0.2) is 0 Å². The molecule has 0 radical (unpaired) electrons. The van der Waals surface area contributed by atoms with Gasteiger partial charge in [-0.05, 0) is 37.5 Å². The van der Waals surface area contributed by atoms with E-state index in [9.17, 15) is 9.59 Å². The molecule has 0 aliphatic carbocycles. The van der Waals surface area contributed by atoms with Crippen molar-refractivity contribution in [2.45, 2.75) is 25.9 Å². The normalized spacial score (nSPS) is 21.0. The van der Waals surface area contributed by atoms with E-state index in [1.165, 1.54) is 0 Å². The van der Waals surface area contributed by atoms with Crippen LogP contribution in [-0.2, 0) is 9.53 Å². The molecule has 2 fully saturated rings. The first-order valence-corrected chi connectivity index (χ1v) is 9.06. The highest BCUT2D eigenvalue weighted by Gasteiger charge is 2.31. The molecule has 130 valence electrons. The summed E-state index contributed by atoms with van der Waals surface area (Å²) in [5, 5.41) is 2.95. The summed E-state index contributed by atoms with van der Waals surface area (Å²) in [6, 6.07) is 5.67. The summed E-state index contributed by atoms with van der Waals surface area (Å²) in [5.41, 5.74) is 1.81. The van der Waals surface area contributed by atoms with Gasteiger partial charge in [0, 0.05) is 42.9 Å². The van der Waals surface area contributed by atoms with Gasteiger partial charge >= 0.3 is 6.03 Å². The first-order chi connectivity index (χ1) is 11.5. The highest BCUT2D eigenvalue weighted by Crippen LogP contribution is 2.21. The molecule has 0 saturated carbocycles. The SMILES string of the molecule is Cc1ccc(Br)cc1NC(=O)N1CCN(C(=O)C2CCCO2)CC1. The molecule has 0 aromatic heterocycles. The van der Waals surface area contributed by atoms with Gasteiger partial charge in [-0.2, -0.15) is 0 Å². The number of halogens is 1. The van der Waals surface area contributed by atoms with Gasteiger partial charge in [0.1, 0.15) is 6.10 Å². The number of carbonyl (C=O) groups excluding carboxylic acids is 2. The van der Waals surface area contributed by atoms with Gasteiger partial charge in [0.05, 0.1) is 0 Å². The summed E-state index contributed by atoms with van der Waals surface area (Å²) < 4.78 is 6.38. The second kappa shape index (κ2) is 7.53. The third-order valence-electron chi connectivity index (χ3n) is 4.52. The van der Waals surface area contributed by atoms with Crippen LogP contribution < -0.4 is 5.32 Å². The summed E-state index contributed by atoms with van der Waals surface area (Å²) in [6.07, 6.45) is 1.47. The molecule has 2 aliphatic rings. The molecule has 0 bridgehead atoms. The maximum Gasteiger partial charge on any atom is 0.321 e. The average molecular weight is 396 g/mol. The standard InChI is InChI=1S/C17H22BrN3O3/c1-12-4-5-13(18)11-14(12)19-17(23)21-8-6-20(7-9-21)16(22)15-3-2-10-24-15/h4-5,11,15H,2-3,6-10H2,1H3,(H,19,23). The Morgan fingerprint density at radius 2 is 1.92 bits per heavy atom. The van der Waals surface area contributed by atoms with Crippen molar-refractivity contribution in [3.8, 4) is 0 Å². The molecule has 2 aliphatic heterocycles. The first kappa shape index (κ1) is 17.2. The number of nitrogens with one attached hydrogen (secondary N) is 1. The topological polar surface area (TPSA) is 61.9 Å². The number of nitrogens with zero attached hydrogens (tertiary/aromatic N) is 2. The fraction of sp³-hybridized carbons (Fsp3) is 0.529. The van der Waals surface area contributed by atoms with Gasteiger partial charge in [-0.25, -0.2) is 4.79 Å². The van der Waals surface area contributed by atoms with E-state index < -0.39 is 0 Å². The van der Waals surface area contributed by atoms with Crippen molar-refractivity contribution in [2.75, 3.05) is 38.1 Å². The molecule has 2 saturated heterocycles. The minimum atomic E-state index is -0.283. The molecule has 1 N–H and O–H groups in total. The summed E-state index contributed by atoms with van der Waals surface area (Å²) in [7, 11) is 0. The van der Waals surface area contributed by atoms with Crippen LogP contribution in [0.4, 0.5) is 10.5 Å². The summed E-state index contributed by atoms with van der Waals surface area (Å²) >= 11 is 3.42. The Labute approximate surface area is 150 Å². The van der Waals surface area contributed by atoms with Crippen LogP contribution in [0.5, 0.6) is 0 Å². The smallest absolute Gasteiger partial charge is 0.321 e. The lowest BCUT2D eigenvalue weighted by molar-refractivity contribution is -0.142. The lowest BCUT2D eigenvalue weighted by Crippen LogP contribution is -2.53. The summed E-state index contributed by atoms with van der Waals surface area (Å²) in [5.74, 6) is 0.0652. The van der Waals surface area contributed by atoms with Crippen molar-refractivity contribution in [3.63, 3.8) is 0 Å². The Kier molecular flexibility index (Phi) is 5.40. The van der Waals surface area contributed by atoms with Crippen LogP contribution in [0, 0.1) is 6.92 Å². The summed E-state index contributed by atoms with van der Waals surface area (Å²) in [4.78, 5) is 28.3. The minimum absolute atomic E-state index is 0.0652. The zero-order valence-corrected chi connectivity index (χ0v) is 15.3. The van der Waals surface area contributed by atoms with Gasteiger partial charge in [-0.15, -0.1) is 0 Å². The molecular weight excluding hydrogens is 374 g/mol. The maximum absolute atomic E-state index is 12.4. The minimum Gasteiger partial charge on any atom is -0.368 e. The van der Waals surface area contributed by atoms with Crippen molar-refractivity contribution in [3.05, 3.63) is 28.2 Å². The Morgan fingerprint density at radius 1 is 1.21 bits per heavy atom. The van der Waals surface area contributed by atoms with E-state index in [2.05, 4.69) is 21.2 Å². The molecule has 1 aromatic carbocycles. The van der Waals surface area contributed by atoms with Gasteiger partial charge in [-0.1, -0.05) is 22.0 Å². The number of piperazine rings is 1. The molecule has 1 unspecified atom stereocenters. The largest absolute Gasteiger partial charge is 0.368 e. The molecule has 7 heteroatoms. The van der Waals surface area contributed by atoms with Gasteiger partial charge < -0.3 is 19.9 Å². The number of hydrogen-bond acceptors (Lipinski definition) is 3. The van der Waals surface area contributed by atoms with Gasteiger partial charge in [-0.3, -0.25) is 4.79 Å². The Bertz CT molecular complexity index is 624. The van der Waals surface area contributed by atoms with Gasteiger partial charge in [0.25, 0.3) is 5.91 Å². The third kappa shape index (κ3) is 3.89. The fourth-order valence-corrected chi connectivity index (χ4v) is 3.39. The predicted octanol–water partition coefficient (Wildman–Crippen LogP) is 2.61. The highest BCUT2D eigenvalue weighted by molar-refractivity contribution is 9.10. The molecule has 3 rings (SSSR count). The predicted molar refractivity (Wildman–Crippen MR) is 95.0 cm³/mol. The second-order valence-corrected chi connectivity index (χ2v) is 7.12. The van der Waals surface area contributed by atoms with Crippen LogP contribution in [0.2, 0.25) is 0 Å². The fourth-order valence-electron chi connectivity index (χ4n) is 3.03. The van der Waals surface area contributed by atoms with E-state index in [1.807, 2.05) is 30.0 Å². The number of amides is 3. The van der Waals surface area contributed by atoms with Crippen LogP contribution in [0.15, 0.2) is 22.7 Å². The number of aryl methyl sites for hydroxylation is 1. The van der Waals surface area contributed by atoms with Crippen LogP contribution in [0.1, 0.15) is 18.4 Å². The molecule has 2 heterocycles. The summed E-state index contributed by atoms with van der Waals surface area (Å²) in [6.45, 7) is 4.83. The zero-order valence-electron chi connectivity index (χ0n) is 13.8. The molecular formula is C17H22BrN3O3. The number of urea groups is 1. The molecule has 6 nitrogen and oxygen atoms in total. The zero-order chi connectivity index (χ0) is 17.1. The Morgan fingerprint density at radius 3 is 2.58 bits per heavy atom. The lowest BCUT2D eigenvalue weighted by Gasteiger charge is -2.35. The highest BCUT2D eigenvalue weighted by atomic mass is 79.9. The van der Waals surface area contributed by atoms with Gasteiger partial charge in [0.2, 0.25) is 0 Å². The number of hydrogen-bond donors (Lipinski definition) is 1. The van der Waals surface area contributed by atoms with E-state index in [-0.39, 0.29) is 18.0 Å². The van der Waals surface area contributed by atoms with Crippen LogP contribution in [0.25, 0.3) is 0 Å². The third-order valence-corrected chi connectivity index (χ3v) is 5.02. The number of ether oxygens (including phenoxy) is 1. The van der Waals surface area contributed by atoms with Crippen LogP contribution >= 0.6 is 15.9 Å². The maximum atomic E-state index is 12.4. The Hall–Kier alpha value is -1.60. The van der Waals surface area contributed by atoms with Crippen molar-refractivity contribution >= 4 is 33.6 Å². The average Bonchev–Trinajstić information content (AvgIpc) is 3.12. The number of rotatable bonds is 2. The Balaban J connectivity index is 1.53. The van der Waals surface area contributed by atoms with Crippen molar-refractivity contribution < 1.29 is 14.3 Å². The quantitative estimate of drug-likeness (QED) is 0.836. The number of benzene rings is 1. The molecule has 1 atom stereocenters. The van der Waals surface area contributed by atoms with E-state index >= 15 is 0 Å². The second-order valence-electron chi connectivity index (χ2n) is 6.20. The molecule has 1 aromatic rings.